The van der Waals surface area contributed by atoms with Gasteiger partial charge in [-0.25, -0.2) is 0 Å². The molecule has 6 nitrogen and oxygen atoms in total. The van der Waals surface area contributed by atoms with Crippen LogP contribution in [0.5, 0.6) is 11.5 Å². The Bertz CT molecular complexity index is 993. The van der Waals surface area contributed by atoms with Crippen LogP contribution in [0.3, 0.4) is 0 Å². The standard InChI is InChI=1S/C22H25N3O3S/c1-13-7-6-8-14(11-13)25-21(29)23-19-16-12-15(27-5)9-10-17(16)28-22(25,2)18(19)20(26)24(3)4/h6-12,18-19H,1-5H3,(H,23,29)/t18-,19+,22-/m0/s1. The van der Waals surface area contributed by atoms with Gasteiger partial charge in [-0.2, -0.15) is 0 Å². The van der Waals surface area contributed by atoms with Crippen LogP contribution in [0, 0.1) is 12.8 Å². The molecule has 7 heteroatoms. The van der Waals surface area contributed by atoms with Gasteiger partial charge in [-0.1, -0.05) is 12.1 Å². The molecule has 1 fully saturated rings. The lowest BCUT2D eigenvalue weighted by Gasteiger charge is -2.56. The number of benzene rings is 2. The molecule has 1 N–H and O–H groups in total. The summed E-state index contributed by atoms with van der Waals surface area (Å²) in [5.74, 6) is 0.887. The third kappa shape index (κ3) is 3.00. The fourth-order valence-corrected chi connectivity index (χ4v) is 4.71. The highest BCUT2D eigenvalue weighted by Gasteiger charge is 2.59. The lowest BCUT2D eigenvalue weighted by molar-refractivity contribution is -0.144. The van der Waals surface area contributed by atoms with Crippen molar-refractivity contribution in [2.24, 2.45) is 5.92 Å². The molecular weight excluding hydrogens is 386 g/mol. The molecule has 2 bridgehead atoms. The van der Waals surface area contributed by atoms with E-state index in [4.69, 9.17) is 21.7 Å². The van der Waals surface area contributed by atoms with Crippen molar-refractivity contribution in [1.82, 2.24) is 10.2 Å². The minimum Gasteiger partial charge on any atom is -0.497 e. The highest BCUT2D eigenvalue weighted by molar-refractivity contribution is 7.80. The minimum absolute atomic E-state index is 0.0291. The van der Waals surface area contributed by atoms with E-state index in [0.29, 0.717) is 16.6 Å². The molecule has 0 unspecified atom stereocenters. The van der Waals surface area contributed by atoms with Crippen molar-refractivity contribution in [1.29, 1.82) is 0 Å². The molecule has 0 spiro atoms. The van der Waals surface area contributed by atoms with Gasteiger partial charge in [0.05, 0.1) is 13.2 Å². The summed E-state index contributed by atoms with van der Waals surface area (Å²) in [6.45, 7) is 3.97. The van der Waals surface area contributed by atoms with Gasteiger partial charge < -0.3 is 19.7 Å². The van der Waals surface area contributed by atoms with Crippen LogP contribution in [0.1, 0.15) is 24.1 Å². The summed E-state index contributed by atoms with van der Waals surface area (Å²) in [6.07, 6.45) is 0. The second-order valence-electron chi connectivity index (χ2n) is 7.87. The third-order valence-corrected chi connectivity index (χ3v) is 5.97. The van der Waals surface area contributed by atoms with E-state index in [0.717, 1.165) is 16.8 Å². The number of methoxy groups -OCH3 is 1. The summed E-state index contributed by atoms with van der Waals surface area (Å²) in [4.78, 5) is 16.9. The van der Waals surface area contributed by atoms with Gasteiger partial charge in [0, 0.05) is 25.3 Å². The van der Waals surface area contributed by atoms with E-state index in [1.165, 1.54) is 0 Å². The Kier molecular flexibility index (Phi) is 4.65. The third-order valence-electron chi connectivity index (χ3n) is 5.67. The number of amides is 1. The van der Waals surface area contributed by atoms with E-state index in [2.05, 4.69) is 5.32 Å². The van der Waals surface area contributed by atoms with Crippen LogP contribution in [0.25, 0.3) is 0 Å². The smallest absolute Gasteiger partial charge is 0.233 e. The predicted molar refractivity (Wildman–Crippen MR) is 116 cm³/mol. The first-order valence-corrected chi connectivity index (χ1v) is 9.92. The Morgan fingerprint density at radius 1 is 1.28 bits per heavy atom. The van der Waals surface area contributed by atoms with E-state index >= 15 is 0 Å². The fraction of sp³-hybridized carbons (Fsp3) is 0.364. The Morgan fingerprint density at radius 2 is 2.03 bits per heavy atom. The number of anilines is 1. The number of aryl methyl sites for hydroxylation is 1. The lowest BCUT2D eigenvalue weighted by Crippen LogP contribution is -2.72. The number of nitrogens with zero attached hydrogens (tertiary/aromatic N) is 2. The topological polar surface area (TPSA) is 54.0 Å². The SMILES string of the molecule is COc1ccc2c(c1)[C@H]1NC(=S)N(c3cccc(C)c3)[C@@](C)(O2)[C@@H]1C(=O)N(C)C. The number of fused-ring (bicyclic) bond motifs is 4. The summed E-state index contributed by atoms with van der Waals surface area (Å²) in [5.41, 5.74) is 1.88. The number of nitrogens with one attached hydrogen (secondary N) is 1. The maximum Gasteiger partial charge on any atom is 0.233 e. The molecule has 29 heavy (non-hydrogen) atoms. The molecule has 1 saturated heterocycles. The van der Waals surface area contributed by atoms with E-state index in [1.54, 1.807) is 26.1 Å². The molecule has 2 aliphatic heterocycles. The van der Waals surface area contributed by atoms with Gasteiger partial charge in [-0.05, 0) is 62.0 Å². The summed E-state index contributed by atoms with van der Waals surface area (Å²) in [6, 6.07) is 13.4. The summed E-state index contributed by atoms with van der Waals surface area (Å²) in [5, 5.41) is 3.94. The minimum atomic E-state index is -0.982. The first-order valence-electron chi connectivity index (χ1n) is 9.52. The zero-order valence-corrected chi connectivity index (χ0v) is 18.0. The lowest BCUT2D eigenvalue weighted by atomic mass is 9.78. The molecule has 152 valence electrons. The molecular formula is C22H25N3O3S. The molecule has 0 aliphatic carbocycles. The molecule has 3 atom stereocenters. The van der Waals surface area contributed by atoms with Crippen LogP contribution in [0.2, 0.25) is 0 Å². The predicted octanol–water partition coefficient (Wildman–Crippen LogP) is 3.25. The van der Waals surface area contributed by atoms with Gasteiger partial charge in [0.25, 0.3) is 0 Å². The zero-order chi connectivity index (χ0) is 20.9. The van der Waals surface area contributed by atoms with Crippen LogP contribution in [-0.2, 0) is 4.79 Å². The first-order chi connectivity index (χ1) is 13.8. The monoisotopic (exact) mass is 411 g/mol. The number of carbonyl (C=O) groups excluding carboxylic acids is 1. The van der Waals surface area contributed by atoms with E-state index < -0.39 is 11.6 Å². The Hall–Kier alpha value is -2.80. The molecule has 2 aliphatic rings. The number of carbonyl (C=O) groups is 1. The average molecular weight is 412 g/mol. The summed E-state index contributed by atoms with van der Waals surface area (Å²) in [7, 11) is 5.14. The second kappa shape index (κ2) is 6.91. The zero-order valence-electron chi connectivity index (χ0n) is 17.2. The van der Waals surface area contributed by atoms with Gasteiger partial charge in [-0.3, -0.25) is 9.69 Å². The Balaban J connectivity index is 1.92. The highest BCUT2D eigenvalue weighted by Crippen LogP contribution is 2.50. The van der Waals surface area contributed by atoms with Crippen molar-refractivity contribution in [2.75, 3.05) is 26.1 Å². The van der Waals surface area contributed by atoms with Gasteiger partial charge >= 0.3 is 0 Å². The molecule has 0 aromatic heterocycles. The number of thiocarbonyl (C=S) groups is 1. The molecule has 2 heterocycles. The van der Waals surface area contributed by atoms with Crippen molar-refractivity contribution >= 4 is 28.9 Å². The van der Waals surface area contributed by atoms with E-state index in [9.17, 15) is 4.79 Å². The van der Waals surface area contributed by atoms with Crippen molar-refractivity contribution in [3.05, 3.63) is 53.6 Å². The maximum atomic E-state index is 13.3. The van der Waals surface area contributed by atoms with Crippen LogP contribution < -0.4 is 19.7 Å². The largest absolute Gasteiger partial charge is 0.497 e. The van der Waals surface area contributed by atoms with E-state index in [1.807, 2.05) is 61.2 Å². The quantitative estimate of drug-likeness (QED) is 0.783. The Labute approximate surface area is 176 Å². The first kappa shape index (κ1) is 19.5. The van der Waals surface area contributed by atoms with Crippen LogP contribution in [-0.4, -0.2) is 42.8 Å². The van der Waals surface area contributed by atoms with Crippen LogP contribution in [0.15, 0.2) is 42.5 Å². The highest BCUT2D eigenvalue weighted by atomic mass is 32.1. The van der Waals surface area contributed by atoms with E-state index in [-0.39, 0.29) is 11.9 Å². The normalized spacial score (nSPS) is 24.9. The molecule has 2 aromatic rings. The maximum absolute atomic E-state index is 13.3. The molecule has 4 rings (SSSR count). The van der Waals surface area contributed by atoms with Crippen LogP contribution in [0.4, 0.5) is 5.69 Å². The van der Waals surface area contributed by atoms with Crippen molar-refractivity contribution in [3.8, 4) is 11.5 Å². The van der Waals surface area contributed by atoms with Gasteiger partial charge in [0.2, 0.25) is 5.91 Å². The average Bonchev–Trinajstić information content (AvgIpc) is 2.66. The number of hydrogen-bond donors (Lipinski definition) is 1. The molecule has 0 saturated carbocycles. The molecule has 2 aromatic carbocycles. The van der Waals surface area contributed by atoms with Gasteiger partial charge in [0.15, 0.2) is 10.8 Å². The van der Waals surface area contributed by atoms with Crippen molar-refractivity contribution in [3.63, 3.8) is 0 Å². The van der Waals surface area contributed by atoms with Crippen LogP contribution >= 0.6 is 12.2 Å². The number of hydrogen-bond acceptors (Lipinski definition) is 4. The summed E-state index contributed by atoms with van der Waals surface area (Å²) >= 11 is 5.75. The Morgan fingerprint density at radius 3 is 2.69 bits per heavy atom. The second-order valence-corrected chi connectivity index (χ2v) is 8.26. The fourth-order valence-electron chi connectivity index (χ4n) is 4.30. The van der Waals surface area contributed by atoms with Gasteiger partial charge in [0.1, 0.15) is 17.4 Å². The van der Waals surface area contributed by atoms with Gasteiger partial charge in [-0.15, -0.1) is 0 Å². The molecule has 1 amide bonds. The number of ether oxygens (including phenoxy) is 2. The van der Waals surface area contributed by atoms with Crippen molar-refractivity contribution < 1.29 is 14.3 Å². The summed E-state index contributed by atoms with van der Waals surface area (Å²) < 4.78 is 11.9. The number of rotatable bonds is 3. The van der Waals surface area contributed by atoms with Crippen molar-refractivity contribution in [2.45, 2.75) is 25.6 Å². The molecule has 0 radical (unpaired) electrons.